The maximum Gasteiger partial charge on any atom is 0.499 e. The number of ether oxygens (including phenoxy) is 2. The molecule has 1 unspecified atom stereocenters. The monoisotopic (exact) mass is 759 g/mol. The van der Waals surface area contributed by atoms with E-state index in [0.717, 1.165) is 34.4 Å². The smallest absolute Gasteiger partial charge is 0.482 e. The number of aliphatic imine (C=N–C) groups is 1. The van der Waals surface area contributed by atoms with Crippen LogP contribution in [-0.4, -0.2) is 61.8 Å². The Morgan fingerprint density at radius 1 is 1.02 bits per heavy atom. The number of hydrogen-bond donors (Lipinski definition) is 2. The van der Waals surface area contributed by atoms with Gasteiger partial charge in [-0.25, -0.2) is 15.1 Å². The number of alkyl halides is 8. The average molecular weight is 760 g/mol. The topological polar surface area (TPSA) is 106 Å². The lowest BCUT2D eigenvalue weighted by Crippen LogP contribution is -2.41. The van der Waals surface area contributed by atoms with Crippen molar-refractivity contribution in [2.24, 2.45) is 4.99 Å². The van der Waals surface area contributed by atoms with Crippen LogP contribution in [0.5, 0.6) is 11.5 Å². The van der Waals surface area contributed by atoms with E-state index in [1.807, 2.05) is 6.92 Å². The van der Waals surface area contributed by atoms with E-state index in [0.29, 0.717) is 22.6 Å². The second kappa shape index (κ2) is 14.8. The lowest BCUT2D eigenvalue weighted by Gasteiger charge is -2.21. The van der Waals surface area contributed by atoms with Gasteiger partial charge in [0, 0.05) is 11.6 Å². The Labute approximate surface area is 293 Å². The third kappa shape index (κ3) is 9.30. The van der Waals surface area contributed by atoms with Crippen molar-refractivity contribution in [3.05, 3.63) is 84.2 Å². The molecular formula is C31H25F8N7O3S2. The molecule has 2 N–H and O–H groups in total. The number of hydrogen-bond acceptors (Lipinski definition) is 8. The fraction of sp³-hybridized carbons (Fsp3) is 0.258. The van der Waals surface area contributed by atoms with E-state index in [-0.39, 0.29) is 33.5 Å². The fourth-order valence-electron chi connectivity index (χ4n) is 4.45. The van der Waals surface area contributed by atoms with Crippen LogP contribution >= 0.6 is 24.0 Å². The van der Waals surface area contributed by atoms with E-state index in [4.69, 9.17) is 17.0 Å². The van der Waals surface area contributed by atoms with E-state index < -0.39 is 36.7 Å². The summed E-state index contributed by atoms with van der Waals surface area (Å²) in [6, 6.07) is 15.5. The van der Waals surface area contributed by atoms with Crippen LogP contribution in [0.25, 0.3) is 17.1 Å². The van der Waals surface area contributed by atoms with E-state index in [2.05, 4.69) is 30.7 Å². The number of nitrogens with zero attached hydrogens (tertiary/aromatic N) is 5. The van der Waals surface area contributed by atoms with Crippen molar-refractivity contribution in [1.82, 2.24) is 25.6 Å². The quantitative estimate of drug-likeness (QED) is 0.0980. The van der Waals surface area contributed by atoms with Crippen molar-refractivity contribution in [2.75, 3.05) is 17.3 Å². The van der Waals surface area contributed by atoms with Gasteiger partial charge in [-0.1, -0.05) is 42.1 Å². The summed E-state index contributed by atoms with van der Waals surface area (Å²) in [5.74, 6) is -0.948. The number of rotatable bonds is 10. The highest BCUT2D eigenvalue weighted by molar-refractivity contribution is 8.15. The van der Waals surface area contributed by atoms with Crippen LogP contribution in [0.15, 0.2) is 78.0 Å². The number of aryl methyl sites for hydroxylation is 1. The molecule has 0 saturated carbocycles. The van der Waals surface area contributed by atoms with Crippen molar-refractivity contribution >= 4 is 45.9 Å². The molecule has 1 atom stereocenters. The molecule has 0 bridgehead atoms. The molecule has 1 aromatic heterocycles. The second-order valence-electron chi connectivity index (χ2n) is 10.8. The van der Waals surface area contributed by atoms with Gasteiger partial charge < -0.3 is 9.47 Å². The molecular weight excluding hydrogens is 735 g/mol. The summed E-state index contributed by atoms with van der Waals surface area (Å²) in [4.78, 5) is 22.5. The number of anilines is 1. The molecule has 2 heterocycles. The van der Waals surface area contributed by atoms with Gasteiger partial charge in [-0.15, -0.1) is 5.10 Å². The molecule has 1 fully saturated rings. The molecule has 0 radical (unpaired) electrons. The molecule has 20 heteroatoms. The summed E-state index contributed by atoms with van der Waals surface area (Å²) < 4.78 is 112. The number of carbonyl (C=O) groups is 1. The van der Waals surface area contributed by atoms with Gasteiger partial charge in [-0.2, -0.15) is 40.1 Å². The predicted octanol–water partition coefficient (Wildman–Crippen LogP) is 7.29. The highest BCUT2D eigenvalue weighted by atomic mass is 32.2. The van der Waals surface area contributed by atoms with Gasteiger partial charge >= 0.3 is 18.5 Å². The Balaban J connectivity index is 1.20. The summed E-state index contributed by atoms with van der Waals surface area (Å²) in [7, 11) is 0. The third-order valence-corrected chi connectivity index (χ3v) is 8.06. The maximum absolute atomic E-state index is 13.2. The number of halogens is 8. The summed E-state index contributed by atoms with van der Waals surface area (Å²) in [5.41, 5.74) is 8.31. The van der Waals surface area contributed by atoms with Gasteiger partial charge in [0.2, 0.25) is 11.0 Å². The molecule has 5 rings (SSSR count). The third-order valence-electron chi connectivity index (χ3n) is 6.94. The number of aromatic nitrogens is 3. The Morgan fingerprint density at radius 2 is 1.71 bits per heavy atom. The Kier molecular flexibility index (Phi) is 10.9. The van der Waals surface area contributed by atoms with Crippen LogP contribution in [0.3, 0.4) is 0 Å². The number of amidine groups is 1. The molecule has 1 aliphatic heterocycles. The first kappa shape index (κ1) is 37.4. The van der Waals surface area contributed by atoms with Crippen molar-refractivity contribution in [2.45, 2.75) is 38.4 Å². The Bertz CT molecular complexity index is 1920. The zero-order valence-electron chi connectivity index (χ0n) is 26.2. The molecule has 0 aliphatic carbocycles. The van der Waals surface area contributed by atoms with Crippen LogP contribution in [-0.2, 0) is 4.79 Å². The molecule has 51 heavy (non-hydrogen) atoms. The lowest BCUT2D eigenvalue weighted by atomic mass is 10.1. The molecule has 0 spiro atoms. The molecule has 4 aromatic rings. The van der Waals surface area contributed by atoms with Crippen LogP contribution < -0.4 is 25.2 Å². The van der Waals surface area contributed by atoms with Crippen molar-refractivity contribution < 1.29 is 49.4 Å². The zero-order valence-corrected chi connectivity index (χ0v) is 27.9. The van der Waals surface area contributed by atoms with Gasteiger partial charge in [0.15, 0.2) is 17.6 Å². The van der Waals surface area contributed by atoms with Gasteiger partial charge in [-0.05, 0) is 73.6 Å². The molecule has 270 valence electrons. The summed E-state index contributed by atoms with van der Waals surface area (Å²) in [6.45, 7) is 2.00. The minimum Gasteiger partial charge on any atom is -0.482 e. The van der Waals surface area contributed by atoms with Crippen molar-refractivity contribution in [3.8, 4) is 28.6 Å². The van der Waals surface area contributed by atoms with E-state index in [1.165, 1.54) is 35.3 Å². The van der Waals surface area contributed by atoms with Crippen LogP contribution in [0, 0.1) is 6.92 Å². The van der Waals surface area contributed by atoms with Crippen LogP contribution in [0.1, 0.15) is 24.1 Å². The van der Waals surface area contributed by atoms with Gasteiger partial charge in [0.25, 0.3) is 0 Å². The molecule has 1 amide bonds. The number of nitrogens with one attached hydrogen (secondary N) is 2. The van der Waals surface area contributed by atoms with Gasteiger partial charge in [-0.3, -0.25) is 15.1 Å². The highest BCUT2D eigenvalue weighted by Crippen LogP contribution is 2.38. The number of amides is 1. The first-order valence-electron chi connectivity index (χ1n) is 14.6. The fourth-order valence-corrected chi connectivity index (χ4v) is 5.52. The first-order valence-corrected chi connectivity index (χ1v) is 16.0. The van der Waals surface area contributed by atoms with Crippen molar-refractivity contribution in [3.63, 3.8) is 0 Å². The predicted molar refractivity (Wildman–Crippen MR) is 176 cm³/mol. The second-order valence-corrected chi connectivity index (χ2v) is 12.2. The summed E-state index contributed by atoms with van der Waals surface area (Å²) in [6.07, 6.45) is -14.5. The Morgan fingerprint density at radius 3 is 2.35 bits per heavy atom. The normalized spacial score (nSPS) is 15.3. The number of hydrazine groups is 1. The summed E-state index contributed by atoms with van der Waals surface area (Å²) >= 11 is 6.40. The minimum atomic E-state index is -5.87. The molecule has 1 saturated heterocycles. The minimum absolute atomic E-state index is 0.00846. The first-order chi connectivity index (χ1) is 23.9. The van der Waals surface area contributed by atoms with E-state index in [9.17, 15) is 39.9 Å². The number of thiocarbonyl (C=S) groups is 1. The molecule has 10 nitrogen and oxygen atoms in total. The lowest BCUT2D eigenvalue weighted by molar-refractivity contribution is -0.360. The number of carbonyl (C=O) groups excluding carboxylic acids is 1. The van der Waals surface area contributed by atoms with Crippen molar-refractivity contribution in [1.29, 1.82) is 0 Å². The zero-order chi connectivity index (χ0) is 37.1. The van der Waals surface area contributed by atoms with Crippen LogP contribution in [0.4, 0.5) is 40.8 Å². The number of thioether (sulfide) groups is 1. The van der Waals surface area contributed by atoms with Gasteiger partial charge in [0.1, 0.15) is 17.8 Å². The highest BCUT2D eigenvalue weighted by Gasteiger charge is 2.61. The molecule has 1 aliphatic rings. The Hall–Kier alpha value is -4.82. The SMILES string of the molecule is Cc1ccc(OCC(F)(F)F)c(N2C(=O)CS/C2=N\C(=S)NNC(C)c2ccc(-c3ncn(-c4ccc(OC(F)(F)C(F)(F)F)cc4)n3)cc2)c1. The summed E-state index contributed by atoms with van der Waals surface area (Å²) in [5, 5.41) is 4.43. The van der Waals surface area contributed by atoms with Gasteiger partial charge in [0.05, 0.1) is 17.1 Å². The van der Waals surface area contributed by atoms with Crippen LogP contribution in [0.2, 0.25) is 0 Å². The van der Waals surface area contributed by atoms with E-state index >= 15 is 0 Å². The molecule has 3 aromatic carbocycles. The standard InChI is InChI=1S/C31H25F8N7O3S2/c1-17-3-12-24(48-15-29(32,33)34)23(13-17)46-25(47)14-51-28(46)41-27(50)43-42-18(2)19-4-6-20(7-5-19)26-40-16-45(44-26)21-8-10-22(11-9-21)49-31(38,39)30(35,36)37/h3-13,16,18,42H,14-15H2,1-2H3,(H,43,50)/b41-28-. The van der Waals surface area contributed by atoms with E-state index in [1.54, 1.807) is 37.3 Å². The maximum atomic E-state index is 13.2. The number of benzene rings is 3. The largest absolute Gasteiger partial charge is 0.499 e. The average Bonchev–Trinajstić information content (AvgIpc) is 3.69.